The Balaban J connectivity index is 1.85. The SMILES string of the molecule is CC(C)(C)OC(=O)NCc1cncn1C1CC1. The monoisotopic (exact) mass is 237 g/mol. The second kappa shape index (κ2) is 4.39. The number of alkyl carbamates (subject to hydrolysis) is 1. The number of amides is 1. The van der Waals surface area contributed by atoms with E-state index < -0.39 is 5.60 Å². The van der Waals surface area contributed by atoms with Crippen molar-refractivity contribution < 1.29 is 9.53 Å². The smallest absolute Gasteiger partial charge is 0.407 e. The summed E-state index contributed by atoms with van der Waals surface area (Å²) in [6.45, 7) is 6.01. The highest BCUT2D eigenvalue weighted by Gasteiger charge is 2.25. The lowest BCUT2D eigenvalue weighted by atomic mass is 10.2. The van der Waals surface area contributed by atoms with Gasteiger partial charge in [0.25, 0.3) is 0 Å². The number of nitrogens with zero attached hydrogens (tertiary/aromatic N) is 2. The number of hydrogen-bond donors (Lipinski definition) is 1. The van der Waals surface area contributed by atoms with Crippen LogP contribution in [0.15, 0.2) is 12.5 Å². The van der Waals surface area contributed by atoms with Gasteiger partial charge in [0.1, 0.15) is 5.60 Å². The molecule has 0 bridgehead atoms. The lowest BCUT2D eigenvalue weighted by molar-refractivity contribution is 0.0522. The minimum absolute atomic E-state index is 0.388. The Morgan fingerprint density at radius 2 is 2.29 bits per heavy atom. The minimum atomic E-state index is -0.458. The first-order chi connectivity index (χ1) is 7.96. The zero-order chi connectivity index (χ0) is 12.5. The fraction of sp³-hybridized carbons (Fsp3) is 0.667. The van der Waals surface area contributed by atoms with Crippen LogP contribution in [0.1, 0.15) is 45.3 Å². The summed E-state index contributed by atoms with van der Waals surface area (Å²) in [6.07, 6.45) is 5.63. The van der Waals surface area contributed by atoms with Crippen molar-refractivity contribution in [1.82, 2.24) is 14.9 Å². The molecule has 0 aliphatic heterocycles. The van der Waals surface area contributed by atoms with Crippen molar-refractivity contribution in [2.24, 2.45) is 0 Å². The maximum absolute atomic E-state index is 11.5. The summed E-state index contributed by atoms with van der Waals surface area (Å²) in [7, 11) is 0. The molecule has 1 aliphatic rings. The fourth-order valence-corrected chi connectivity index (χ4v) is 1.63. The fourth-order valence-electron chi connectivity index (χ4n) is 1.63. The number of nitrogens with one attached hydrogen (secondary N) is 1. The number of rotatable bonds is 3. The van der Waals surface area contributed by atoms with Crippen LogP contribution in [0.3, 0.4) is 0 Å². The molecule has 5 heteroatoms. The molecule has 94 valence electrons. The van der Waals surface area contributed by atoms with E-state index >= 15 is 0 Å². The van der Waals surface area contributed by atoms with Gasteiger partial charge in [0.05, 0.1) is 18.6 Å². The van der Waals surface area contributed by atoms with E-state index in [0.29, 0.717) is 12.6 Å². The van der Waals surface area contributed by atoms with Crippen molar-refractivity contribution >= 4 is 6.09 Å². The Hall–Kier alpha value is -1.52. The van der Waals surface area contributed by atoms with Gasteiger partial charge < -0.3 is 14.6 Å². The highest BCUT2D eigenvalue weighted by Crippen LogP contribution is 2.35. The van der Waals surface area contributed by atoms with E-state index in [1.54, 1.807) is 6.20 Å². The third kappa shape index (κ3) is 3.47. The molecule has 1 amide bonds. The summed E-state index contributed by atoms with van der Waals surface area (Å²) >= 11 is 0. The maximum atomic E-state index is 11.5. The highest BCUT2D eigenvalue weighted by atomic mass is 16.6. The third-order valence-electron chi connectivity index (χ3n) is 2.50. The molecule has 2 rings (SSSR count). The van der Waals surface area contributed by atoms with Gasteiger partial charge in [-0.2, -0.15) is 0 Å². The molecular weight excluding hydrogens is 218 g/mol. The summed E-state index contributed by atoms with van der Waals surface area (Å²) in [5, 5.41) is 2.74. The largest absolute Gasteiger partial charge is 0.444 e. The van der Waals surface area contributed by atoms with E-state index in [9.17, 15) is 4.79 Å². The zero-order valence-electron chi connectivity index (χ0n) is 10.6. The molecule has 1 saturated carbocycles. The highest BCUT2D eigenvalue weighted by molar-refractivity contribution is 5.67. The van der Waals surface area contributed by atoms with Crippen LogP contribution in [0.2, 0.25) is 0 Å². The number of imidazole rings is 1. The molecule has 0 spiro atoms. The number of carbonyl (C=O) groups excluding carboxylic acids is 1. The predicted molar refractivity (Wildman–Crippen MR) is 63.6 cm³/mol. The molecule has 1 heterocycles. The van der Waals surface area contributed by atoms with Crippen molar-refractivity contribution in [1.29, 1.82) is 0 Å². The lowest BCUT2D eigenvalue weighted by Gasteiger charge is -2.19. The Morgan fingerprint density at radius 3 is 2.88 bits per heavy atom. The lowest BCUT2D eigenvalue weighted by Crippen LogP contribution is -2.32. The Kier molecular flexibility index (Phi) is 3.09. The second-order valence-corrected chi connectivity index (χ2v) is 5.38. The molecule has 1 N–H and O–H groups in total. The first-order valence-electron chi connectivity index (χ1n) is 5.93. The molecule has 0 saturated heterocycles. The van der Waals surface area contributed by atoms with Gasteiger partial charge in [-0.05, 0) is 33.6 Å². The van der Waals surface area contributed by atoms with Gasteiger partial charge in [-0.25, -0.2) is 9.78 Å². The van der Waals surface area contributed by atoms with Gasteiger partial charge >= 0.3 is 6.09 Å². The van der Waals surface area contributed by atoms with Gasteiger partial charge in [0.2, 0.25) is 0 Å². The summed E-state index contributed by atoms with van der Waals surface area (Å²) < 4.78 is 7.29. The molecule has 5 nitrogen and oxygen atoms in total. The van der Waals surface area contributed by atoms with Crippen molar-refractivity contribution in [2.75, 3.05) is 0 Å². The average molecular weight is 237 g/mol. The standard InChI is InChI=1S/C12H19N3O2/c1-12(2,3)17-11(16)14-7-10-6-13-8-15(10)9-4-5-9/h6,8-9H,4-5,7H2,1-3H3,(H,14,16). The van der Waals surface area contributed by atoms with Gasteiger partial charge in [-0.15, -0.1) is 0 Å². The van der Waals surface area contributed by atoms with Gasteiger partial charge in [0, 0.05) is 12.2 Å². The van der Waals surface area contributed by atoms with E-state index in [1.165, 1.54) is 12.8 Å². The van der Waals surface area contributed by atoms with Crippen LogP contribution in [-0.4, -0.2) is 21.2 Å². The Labute approximate surface area is 101 Å². The van der Waals surface area contributed by atoms with E-state index in [-0.39, 0.29) is 6.09 Å². The van der Waals surface area contributed by atoms with E-state index in [1.807, 2.05) is 27.1 Å². The molecule has 0 radical (unpaired) electrons. The van der Waals surface area contributed by atoms with Crippen LogP contribution in [0.25, 0.3) is 0 Å². The van der Waals surface area contributed by atoms with E-state index in [4.69, 9.17) is 4.74 Å². The van der Waals surface area contributed by atoms with Crippen LogP contribution in [0, 0.1) is 0 Å². The zero-order valence-corrected chi connectivity index (χ0v) is 10.6. The van der Waals surface area contributed by atoms with Crippen molar-refractivity contribution in [3.63, 3.8) is 0 Å². The predicted octanol–water partition coefficient (Wildman–Crippen LogP) is 2.24. The van der Waals surface area contributed by atoms with Crippen LogP contribution >= 0.6 is 0 Å². The average Bonchev–Trinajstić information content (AvgIpc) is 2.92. The topological polar surface area (TPSA) is 56.1 Å². The molecule has 17 heavy (non-hydrogen) atoms. The van der Waals surface area contributed by atoms with Crippen LogP contribution < -0.4 is 5.32 Å². The maximum Gasteiger partial charge on any atom is 0.407 e. The second-order valence-electron chi connectivity index (χ2n) is 5.38. The molecule has 0 unspecified atom stereocenters. The molecule has 1 fully saturated rings. The molecule has 0 aromatic carbocycles. The molecule has 1 aromatic rings. The summed E-state index contributed by atoms with van der Waals surface area (Å²) in [4.78, 5) is 15.6. The molecule has 1 aliphatic carbocycles. The number of carbonyl (C=O) groups is 1. The number of hydrogen-bond acceptors (Lipinski definition) is 3. The van der Waals surface area contributed by atoms with Crippen molar-refractivity contribution in [2.45, 2.75) is 51.8 Å². The first kappa shape index (κ1) is 12.0. The van der Waals surface area contributed by atoms with Crippen LogP contribution in [0.5, 0.6) is 0 Å². The molecule has 0 atom stereocenters. The van der Waals surface area contributed by atoms with Gasteiger partial charge in [-0.3, -0.25) is 0 Å². The van der Waals surface area contributed by atoms with E-state index in [0.717, 1.165) is 5.69 Å². The van der Waals surface area contributed by atoms with Crippen molar-refractivity contribution in [3.05, 3.63) is 18.2 Å². The first-order valence-corrected chi connectivity index (χ1v) is 5.93. The summed E-state index contributed by atoms with van der Waals surface area (Å²) in [6, 6.07) is 0.577. The van der Waals surface area contributed by atoms with Gasteiger partial charge in [-0.1, -0.05) is 0 Å². The molecular formula is C12H19N3O2. The van der Waals surface area contributed by atoms with Gasteiger partial charge in [0.15, 0.2) is 0 Å². The Morgan fingerprint density at radius 1 is 1.59 bits per heavy atom. The summed E-state index contributed by atoms with van der Waals surface area (Å²) in [5.41, 5.74) is 0.569. The van der Waals surface area contributed by atoms with E-state index in [2.05, 4.69) is 14.9 Å². The quantitative estimate of drug-likeness (QED) is 0.877. The number of ether oxygens (including phenoxy) is 1. The van der Waals surface area contributed by atoms with Crippen molar-refractivity contribution in [3.8, 4) is 0 Å². The molecule has 1 aromatic heterocycles. The van der Waals surface area contributed by atoms with Crippen LogP contribution in [-0.2, 0) is 11.3 Å². The normalized spacial score (nSPS) is 15.7. The van der Waals surface area contributed by atoms with Crippen LogP contribution in [0.4, 0.5) is 4.79 Å². The minimum Gasteiger partial charge on any atom is -0.444 e. The summed E-state index contributed by atoms with van der Waals surface area (Å²) in [5.74, 6) is 0. The Bertz CT molecular complexity index is 402. The third-order valence-corrected chi connectivity index (χ3v) is 2.50. The number of aromatic nitrogens is 2.